The number of nitrogen functional groups attached to an aromatic ring is 1. The number of aromatic nitrogens is 2. The Balaban J connectivity index is 2.92. The molecule has 0 aliphatic rings. The fourth-order valence-electron chi connectivity index (χ4n) is 1.45. The van der Waals surface area contributed by atoms with Crippen LogP contribution in [0.3, 0.4) is 0 Å². The van der Waals surface area contributed by atoms with Crippen molar-refractivity contribution in [1.82, 2.24) is 9.78 Å². The van der Waals surface area contributed by atoms with E-state index in [9.17, 15) is 0 Å². The molecular formula is C11H17IN4. The Morgan fingerprint density at radius 1 is 1.50 bits per heavy atom. The standard InChI is InChI=1S/C11H17IN4/c1-11(2,3)7-8-9(12)10(14)16(15-8)6-4-5-13/h4,6-7,14H2,1-3H3. The lowest BCUT2D eigenvalue weighted by Gasteiger charge is -2.16. The molecule has 1 heterocycles. The van der Waals surface area contributed by atoms with Crippen LogP contribution in [-0.2, 0) is 13.0 Å². The third-order valence-corrected chi connectivity index (χ3v) is 3.31. The van der Waals surface area contributed by atoms with Crippen molar-refractivity contribution in [3.8, 4) is 6.07 Å². The normalized spacial score (nSPS) is 11.4. The van der Waals surface area contributed by atoms with Gasteiger partial charge in [0.15, 0.2) is 0 Å². The average Bonchev–Trinajstić information content (AvgIpc) is 2.41. The number of nitrogens with zero attached hydrogens (tertiary/aromatic N) is 3. The van der Waals surface area contributed by atoms with Gasteiger partial charge < -0.3 is 5.73 Å². The molecule has 0 aliphatic heterocycles. The molecule has 0 bridgehead atoms. The maximum Gasteiger partial charge on any atom is 0.135 e. The fraction of sp³-hybridized carbons (Fsp3) is 0.636. The molecule has 5 heteroatoms. The summed E-state index contributed by atoms with van der Waals surface area (Å²) >= 11 is 2.23. The number of nitriles is 1. The first kappa shape index (κ1) is 13.3. The quantitative estimate of drug-likeness (QED) is 0.865. The van der Waals surface area contributed by atoms with Gasteiger partial charge in [0.05, 0.1) is 28.3 Å². The van der Waals surface area contributed by atoms with E-state index in [0.29, 0.717) is 18.8 Å². The van der Waals surface area contributed by atoms with Crippen LogP contribution in [-0.4, -0.2) is 9.78 Å². The number of hydrogen-bond donors (Lipinski definition) is 1. The summed E-state index contributed by atoms with van der Waals surface area (Å²) < 4.78 is 2.75. The van der Waals surface area contributed by atoms with Crippen molar-refractivity contribution in [2.24, 2.45) is 5.41 Å². The molecule has 0 amide bonds. The van der Waals surface area contributed by atoms with Gasteiger partial charge in [-0.3, -0.25) is 0 Å². The van der Waals surface area contributed by atoms with Crippen LogP contribution < -0.4 is 5.73 Å². The largest absolute Gasteiger partial charge is 0.383 e. The van der Waals surface area contributed by atoms with Crippen molar-refractivity contribution in [2.75, 3.05) is 5.73 Å². The summed E-state index contributed by atoms with van der Waals surface area (Å²) in [6.07, 6.45) is 1.34. The van der Waals surface area contributed by atoms with Gasteiger partial charge in [-0.2, -0.15) is 10.4 Å². The van der Waals surface area contributed by atoms with Gasteiger partial charge in [0.25, 0.3) is 0 Å². The van der Waals surface area contributed by atoms with Gasteiger partial charge in [-0.15, -0.1) is 0 Å². The highest BCUT2D eigenvalue weighted by atomic mass is 127. The zero-order chi connectivity index (χ0) is 12.3. The smallest absolute Gasteiger partial charge is 0.135 e. The fourth-order valence-corrected chi connectivity index (χ4v) is 2.02. The van der Waals surface area contributed by atoms with Gasteiger partial charge in [-0.05, 0) is 34.4 Å². The third kappa shape index (κ3) is 3.37. The first-order chi connectivity index (χ1) is 7.35. The highest BCUT2D eigenvalue weighted by Gasteiger charge is 2.19. The minimum Gasteiger partial charge on any atom is -0.383 e. The van der Waals surface area contributed by atoms with Crippen molar-refractivity contribution < 1.29 is 0 Å². The van der Waals surface area contributed by atoms with Crippen molar-refractivity contribution in [3.63, 3.8) is 0 Å². The van der Waals surface area contributed by atoms with Crippen molar-refractivity contribution in [3.05, 3.63) is 9.26 Å². The molecule has 0 atom stereocenters. The molecule has 0 aromatic carbocycles. The van der Waals surface area contributed by atoms with E-state index in [1.807, 2.05) is 0 Å². The van der Waals surface area contributed by atoms with E-state index in [0.717, 1.165) is 15.7 Å². The molecular weight excluding hydrogens is 315 g/mol. The predicted octanol–water partition coefficient (Wildman–Crippen LogP) is 2.57. The molecule has 0 saturated carbocycles. The van der Waals surface area contributed by atoms with Gasteiger partial charge in [0, 0.05) is 0 Å². The molecule has 0 unspecified atom stereocenters. The van der Waals surface area contributed by atoms with Crippen LogP contribution in [0.5, 0.6) is 0 Å². The van der Waals surface area contributed by atoms with Gasteiger partial charge in [0.1, 0.15) is 5.82 Å². The minimum absolute atomic E-state index is 0.195. The van der Waals surface area contributed by atoms with Gasteiger partial charge in [-0.1, -0.05) is 20.8 Å². The molecule has 2 N–H and O–H groups in total. The Bertz CT molecular complexity index is 409. The highest BCUT2D eigenvalue weighted by molar-refractivity contribution is 14.1. The van der Waals surface area contributed by atoms with Crippen LogP contribution in [0.4, 0.5) is 5.82 Å². The number of aryl methyl sites for hydroxylation is 1. The lowest BCUT2D eigenvalue weighted by atomic mass is 9.91. The number of halogens is 1. The second-order valence-electron chi connectivity index (χ2n) is 5.01. The van der Waals surface area contributed by atoms with Crippen LogP contribution in [0.25, 0.3) is 0 Å². The summed E-state index contributed by atoms with van der Waals surface area (Å²) in [5.74, 6) is 0.676. The molecule has 88 valence electrons. The number of nitrogens with two attached hydrogens (primary N) is 1. The maximum absolute atomic E-state index is 8.55. The van der Waals surface area contributed by atoms with E-state index in [2.05, 4.69) is 54.5 Å². The van der Waals surface area contributed by atoms with Crippen LogP contribution in [0, 0.1) is 20.3 Å². The molecule has 0 aliphatic carbocycles. The SMILES string of the molecule is CC(C)(C)Cc1nn(CCC#N)c(N)c1I. The van der Waals surface area contributed by atoms with Gasteiger partial charge >= 0.3 is 0 Å². The van der Waals surface area contributed by atoms with Crippen molar-refractivity contribution >= 4 is 28.4 Å². The topological polar surface area (TPSA) is 67.6 Å². The molecule has 4 nitrogen and oxygen atoms in total. The summed E-state index contributed by atoms with van der Waals surface area (Å²) in [6.45, 7) is 7.09. The third-order valence-electron chi connectivity index (χ3n) is 2.13. The zero-order valence-electron chi connectivity index (χ0n) is 9.92. The maximum atomic E-state index is 8.55. The Hall–Kier alpha value is -0.770. The minimum atomic E-state index is 0.195. The second kappa shape index (κ2) is 5.04. The summed E-state index contributed by atoms with van der Waals surface area (Å²) in [7, 11) is 0. The van der Waals surface area contributed by atoms with Gasteiger partial charge in [0.2, 0.25) is 0 Å². The summed E-state index contributed by atoms with van der Waals surface area (Å²) in [4.78, 5) is 0. The van der Waals surface area contributed by atoms with E-state index in [4.69, 9.17) is 11.0 Å². The molecule has 0 fully saturated rings. The summed E-state index contributed by atoms with van der Waals surface area (Å²) in [5, 5.41) is 13.0. The molecule has 0 radical (unpaired) electrons. The van der Waals surface area contributed by atoms with E-state index < -0.39 is 0 Å². The Morgan fingerprint density at radius 2 is 2.12 bits per heavy atom. The van der Waals surface area contributed by atoms with Crippen LogP contribution in [0.15, 0.2) is 0 Å². The van der Waals surface area contributed by atoms with Crippen LogP contribution in [0.1, 0.15) is 32.9 Å². The van der Waals surface area contributed by atoms with Crippen LogP contribution >= 0.6 is 22.6 Å². The Morgan fingerprint density at radius 3 is 2.62 bits per heavy atom. The van der Waals surface area contributed by atoms with Crippen LogP contribution in [0.2, 0.25) is 0 Å². The average molecular weight is 332 g/mol. The van der Waals surface area contributed by atoms with E-state index >= 15 is 0 Å². The summed E-state index contributed by atoms with van der Waals surface area (Å²) in [5.41, 5.74) is 7.17. The van der Waals surface area contributed by atoms with Crippen molar-refractivity contribution in [2.45, 2.75) is 40.2 Å². The molecule has 0 saturated heterocycles. The number of rotatable bonds is 3. The Labute approximate surface area is 110 Å². The lowest BCUT2D eigenvalue weighted by molar-refractivity contribution is 0.402. The predicted molar refractivity (Wildman–Crippen MR) is 72.7 cm³/mol. The first-order valence-corrected chi connectivity index (χ1v) is 6.30. The Kier molecular flexibility index (Phi) is 4.19. The first-order valence-electron chi connectivity index (χ1n) is 5.23. The molecule has 1 rings (SSSR count). The highest BCUT2D eigenvalue weighted by Crippen LogP contribution is 2.26. The molecule has 1 aromatic rings. The second-order valence-corrected chi connectivity index (χ2v) is 6.09. The molecule has 0 spiro atoms. The van der Waals surface area contributed by atoms with E-state index in [-0.39, 0.29) is 5.41 Å². The molecule has 1 aromatic heterocycles. The monoisotopic (exact) mass is 332 g/mol. The number of anilines is 1. The number of hydrogen-bond acceptors (Lipinski definition) is 3. The lowest BCUT2D eigenvalue weighted by Crippen LogP contribution is -2.11. The molecule has 16 heavy (non-hydrogen) atoms. The zero-order valence-corrected chi connectivity index (χ0v) is 12.1. The summed E-state index contributed by atoms with van der Waals surface area (Å²) in [6, 6.07) is 2.10. The van der Waals surface area contributed by atoms with E-state index in [1.54, 1.807) is 4.68 Å². The van der Waals surface area contributed by atoms with Crippen molar-refractivity contribution in [1.29, 1.82) is 5.26 Å². The van der Waals surface area contributed by atoms with Gasteiger partial charge in [-0.25, -0.2) is 4.68 Å². The van der Waals surface area contributed by atoms with E-state index in [1.165, 1.54) is 0 Å².